The van der Waals surface area contributed by atoms with Crippen LogP contribution in [0.15, 0.2) is 42.6 Å². The molecule has 2 rings (SSSR count). The van der Waals surface area contributed by atoms with Crippen molar-refractivity contribution in [2.24, 2.45) is 0 Å². The van der Waals surface area contributed by atoms with Crippen molar-refractivity contribution >= 4 is 23.1 Å². The maximum absolute atomic E-state index is 11.7. The van der Waals surface area contributed by atoms with Crippen LogP contribution in [0.5, 0.6) is 0 Å². The van der Waals surface area contributed by atoms with Gasteiger partial charge in [-0.1, -0.05) is 45.4 Å². The number of hydrogen-bond acceptors (Lipinski definition) is 3. The van der Waals surface area contributed by atoms with E-state index in [0.29, 0.717) is 18.2 Å². The van der Waals surface area contributed by atoms with E-state index in [4.69, 9.17) is 0 Å². The van der Waals surface area contributed by atoms with Gasteiger partial charge in [0, 0.05) is 12.1 Å². The van der Waals surface area contributed by atoms with Crippen LogP contribution in [0, 0.1) is 0 Å². The minimum absolute atomic E-state index is 0.0187. The summed E-state index contributed by atoms with van der Waals surface area (Å²) in [6, 6.07) is 12.0. The molecule has 0 aliphatic rings. The Morgan fingerprint density at radius 3 is 2.61 bits per heavy atom. The van der Waals surface area contributed by atoms with Gasteiger partial charge in [0.2, 0.25) is 5.91 Å². The fourth-order valence-corrected chi connectivity index (χ4v) is 2.35. The van der Waals surface area contributed by atoms with Crippen LogP contribution in [-0.2, 0) is 4.79 Å². The number of amides is 1. The summed E-state index contributed by atoms with van der Waals surface area (Å²) in [5.41, 5.74) is 3.26. The highest BCUT2D eigenvalue weighted by Gasteiger charge is 2.07. The van der Waals surface area contributed by atoms with E-state index in [2.05, 4.69) is 48.5 Å². The van der Waals surface area contributed by atoms with Gasteiger partial charge < -0.3 is 10.6 Å². The summed E-state index contributed by atoms with van der Waals surface area (Å²) in [5, 5.41) is 6.21. The maximum Gasteiger partial charge on any atom is 0.225 e. The molecule has 2 aromatic rings. The smallest absolute Gasteiger partial charge is 0.225 e. The summed E-state index contributed by atoms with van der Waals surface area (Å²) in [4.78, 5) is 16.0. The number of anilines is 3. The summed E-state index contributed by atoms with van der Waals surface area (Å²) in [6.45, 7) is 6.42. The summed E-state index contributed by atoms with van der Waals surface area (Å²) < 4.78 is 0. The minimum Gasteiger partial charge on any atom is -0.354 e. The summed E-state index contributed by atoms with van der Waals surface area (Å²) in [5.74, 6) is 1.06. The van der Waals surface area contributed by atoms with E-state index in [1.807, 2.05) is 24.3 Å². The van der Waals surface area contributed by atoms with E-state index in [1.54, 1.807) is 6.20 Å². The van der Waals surface area contributed by atoms with Gasteiger partial charge in [-0.3, -0.25) is 4.79 Å². The number of hydrogen-bond donors (Lipinski definition) is 2. The molecule has 0 atom stereocenters. The average Bonchev–Trinajstić information content (AvgIpc) is 2.55. The molecule has 4 nitrogen and oxygen atoms in total. The molecule has 0 saturated heterocycles. The molecule has 4 heteroatoms. The fourth-order valence-electron chi connectivity index (χ4n) is 2.35. The number of pyridine rings is 1. The number of benzene rings is 1. The fraction of sp³-hybridized carbons (Fsp3) is 0.368. The zero-order chi connectivity index (χ0) is 16.7. The molecular formula is C19H25N3O. The molecule has 1 heterocycles. The Bertz CT molecular complexity index is 635. The highest BCUT2D eigenvalue weighted by Crippen LogP contribution is 2.26. The van der Waals surface area contributed by atoms with Crippen LogP contribution < -0.4 is 10.6 Å². The van der Waals surface area contributed by atoms with E-state index in [-0.39, 0.29) is 5.91 Å². The molecule has 0 radical (unpaired) electrons. The van der Waals surface area contributed by atoms with Gasteiger partial charge in [0.1, 0.15) is 5.82 Å². The van der Waals surface area contributed by atoms with Gasteiger partial charge in [0.15, 0.2) is 0 Å². The largest absolute Gasteiger partial charge is 0.354 e. The van der Waals surface area contributed by atoms with Crippen molar-refractivity contribution in [2.45, 2.75) is 46.0 Å². The predicted octanol–water partition coefficient (Wildman–Crippen LogP) is 5.08. The molecule has 122 valence electrons. The first kappa shape index (κ1) is 17.0. The van der Waals surface area contributed by atoms with Crippen molar-refractivity contribution in [3.63, 3.8) is 0 Å². The number of carbonyl (C=O) groups is 1. The number of carbonyl (C=O) groups excluding carboxylic acids is 1. The molecule has 0 aliphatic heterocycles. The van der Waals surface area contributed by atoms with Crippen LogP contribution in [-0.4, -0.2) is 10.9 Å². The Hall–Kier alpha value is -2.36. The Morgan fingerprint density at radius 1 is 1.17 bits per heavy atom. The second kappa shape index (κ2) is 8.32. The van der Waals surface area contributed by atoms with Crippen molar-refractivity contribution in [1.82, 2.24) is 4.98 Å². The number of rotatable bonds is 7. The lowest BCUT2D eigenvalue weighted by atomic mass is 10.0. The van der Waals surface area contributed by atoms with E-state index in [1.165, 1.54) is 5.56 Å². The molecular weight excluding hydrogens is 286 g/mol. The van der Waals surface area contributed by atoms with Crippen molar-refractivity contribution in [2.75, 3.05) is 10.6 Å². The third-order valence-corrected chi connectivity index (χ3v) is 3.65. The SMILES string of the molecule is CCCCC(=O)Nc1ccc(Nc2ccccc2C(C)C)cn1. The van der Waals surface area contributed by atoms with Gasteiger partial charge in [-0.25, -0.2) is 4.98 Å². The van der Waals surface area contributed by atoms with E-state index < -0.39 is 0 Å². The van der Waals surface area contributed by atoms with Gasteiger partial charge in [-0.2, -0.15) is 0 Å². The molecule has 1 aromatic heterocycles. The van der Waals surface area contributed by atoms with Crippen molar-refractivity contribution in [3.8, 4) is 0 Å². The Kier molecular flexibility index (Phi) is 6.15. The lowest BCUT2D eigenvalue weighted by molar-refractivity contribution is -0.116. The second-order valence-electron chi connectivity index (χ2n) is 5.95. The van der Waals surface area contributed by atoms with Gasteiger partial charge in [0.25, 0.3) is 0 Å². The maximum atomic E-state index is 11.7. The molecule has 0 bridgehead atoms. The number of para-hydroxylation sites is 1. The van der Waals surface area contributed by atoms with Crippen LogP contribution in [0.2, 0.25) is 0 Å². The standard InChI is InChI=1S/C19H25N3O/c1-4-5-10-19(23)22-18-12-11-15(13-20-18)21-17-9-7-6-8-16(17)14(2)3/h6-9,11-14,21H,4-5,10H2,1-3H3,(H,20,22,23). The zero-order valence-electron chi connectivity index (χ0n) is 14.1. The zero-order valence-corrected chi connectivity index (χ0v) is 14.1. The molecule has 0 aliphatic carbocycles. The molecule has 2 N–H and O–H groups in total. The van der Waals surface area contributed by atoms with Crippen LogP contribution in [0.1, 0.15) is 51.5 Å². The summed E-state index contributed by atoms with van der Waals surface area (Å²) >= 11 is 0. The lowest BCUT2D eigenvalue weighted by Gasteiger charge is -2.14. The van der Waals surface area contributed by atoms with Crippen LogP contribution >= 0.6 is 0 Å². The van der Waals surface area contributed by atoms with Gasteiger partial charge >= 0.3 is 0 Å². The molecule has 1 aromatic carbocycles. The minimum atomic E-state index is 0.0187. The van der Waals surface area contributed by atoms with Crippen LogP contribution in [0.25, 0.3) is 0 Å². The molecule has 0 unspecified atom stereocenters. The number of aromatic nitrogens is 1. The van der Waals surface area contributed by atoms with Crippen molar-refractivity contribution < 1.29 is 4.79 Å². The first-order chi connectivity index (χ1) is 11.1. The Balaban J connectivity index is 2.02. The monoisotopic (exact) mass is 311 g/mol. The van der Waals surface area contributed by atoms with E-state index in [0.717, 1.165) is 24.2 Å². The van der Waals surface area contributed by atoms with E-state index in [9.17, 15) is 4.79 Å². The van der Waals surface area contributed by atoms with Crippen LogP contribution in [0.4, 0.5) is 17.2 Å². The van der Waals surface area contributed by atoms with Gasteiger partial charge in [-0.15, -0.1) is 0 Å². The highest BCUT2D eigenvalue weighted by atomic mass is 16.1. The molecule has 23 heavy (non-hydrogen) atoms. The highest BCUT2D eigenvalue weighted by molar-refractivity contribution is 5.89. The number of nitrogens with one attached hydrogen (secondary N) is 2. The quantitative estimate of drug-likeness (QED) is 0.750. The number of nitrogens with zero attached hydrogens (tertiary/aromatic N) is 1. The third-order valence-electron chi connectivity index (χ3n) is 3.65. The molecule has 0 saturated carbocycles. The van der Waals surface area contributed by atoms with E-state index >= 15 is 0 Å². The average molecular weight is 311 g/mol. The van der Waals surface area contributed by atoms with Gasteiger partial charge in [-0.05, 0) is 36.1 Å². The van der Waals surface area contributed by atoms with Crippen molar-refractivity contribution in [3.05, 3.63) is 48.2 Å². The topological polar surface area (TPSA) is 54.0 Å². The molecule has 0 fully saturated rings. The molecule has 0 spiro atoms. The summed E-state index contributed by atoms with van der Waals surface area (Å²) in [7, 11) is 0. The Labute approximate surface area is 138 Å². The van der Waals surface area contributed by atoms with Crippen molar-refractivity contribution in [1.29, 1.82) is 0 Å². The third kappa shape index (κ3) is 5.09. The first-order valence-corrected chi connectivity index (χ1v) is 8.22. The molecule has 1 amide bonds. The second-order valence-corrected chi connectivity index (χ2v) is 5.95. The van der Waals surface area contributed by atoms with Gasteiger partial charge in [0.05, 0.1) is 11.9 Å². The predicted molar refractivity (Wildman–Crippen MR) is 96.2 cm³/mol. The normalized spacial score (nSPS) is 10.6. The first-order valence-electron chi connectivity index (χ1n) is 8.22. The summed E-state index contributed by atoms with van der Waals surface area (Å²) in [6.07, 6.45) is 4.20. The number of unbranched alkanes of at least 4 members (excludes halogenated alkanes) is 1. The lowest BCUT2D eigenvalue weighted by Crippen LogP contribution is -2.12. The van der Waals surface area contributed by atoms with Crippen LogP contribution in [0.3, 0.4) is 0 Å². The Morgan fingerprint density at radius 2 is 1.96 bits per heavy atom.